The van der Waals surface area contributed by atoms with Gasteiger partial charge in [-0.25, -0.2) is 9.97 Å². The minimum atomic E-state index is 0.0474. The molecule has 2 aromatic heterocycles. The number of piperidine rings is 1. The van der Waals surface area contributed by atoms with Gasteiger partial charge in [-0.3, -0.25) is 9.69 Å². The number of fused-ring (bicyclic) bond motifs is 1. The number of carbonyl (C=O) groups excluding carboxylic acids is 1. The lowest BCUT2D eigenvalue weighted by Crippen LogP contribution is -2.48. The summed E-state index contributed by atoms with van der Waals surface area (Å²) in [5.74, 6) is 0.235. The van der Waals surface area contributed by atoms with Gasteiger partial charge in [0.2, 0.25) is 5.91 Å². The SMILES string of the molecule is CN1CCN(CCNC(=O)C2CCCN(c3nc4cccnc4s3)C2)CC1. The number of hydrogen-bond acceptors (Lipinski definition) is 7. The number of pyridine rings is 1. The molecule has 0 aromatic carbocycles. The van der Waals surface area contributed by atoms with Crippen LogP contribution >= 0.6 is 11.3 Å². The van der Waals surface area contributed by atoms with Crippen LogP contribution in [0.5, 0.6) is 0 Å². The van der Waals surface area contributed by atoms with Crippen molar-refractivity contribution in [2.45, 2.75) is 12.8 Å². The average Bonchev–Trinajstić information content (AvgIpc) is 3.14. The Hall–Kier alpha value is -1.77. The van der Waals surface area contributed by atoms with Crippen molar-refractivity contribution in [2.75, 3.05) is 64.3 Å². The fraction of sp³-hybridized carbons (Fsp3) is 0.632. The fourth-order valence-corrected chi connectivity index (χ4v) is 4.76. The largest absolute Gasteiger partial charge is 0.355 e. The summed E-state index contributed by atoms with van der Waals surface area (Å²) in [5, 5.41) is 4.14. The second-order valence-electron chi connectivity index (χ2n) is 7.55. The summed E-state index contributed by atoms with van der Waals surface area (Å²) >= 11 is 1.62. The molecule has 8 heteroatoms. The van der Waals surface area contributed by atoms with Crippen LogP contribution in [0, 0.1) is 5.92 Å². The maximum Gasteiger partial charge on any atom is 0.224 e. The molecule has 2 aromatic rings. The third-order valence-electron chi connectivity index (χ3n) is 5.54. The molecule has 4 rings (SSSR count). The van der Waals surface area contributed by atoms with Crippen molar-refractivity contribution in [3.05, 3.63) is 18.3 Å². The molecule has 2 fully saturated rings. The van der Waals surface area contributed by atoms with Gasteiger partial charge in [0.05, 0.1) is 5.92 Å². The summed E-state index contributed by atoms with van der Waals surface area (Å²) in [6.45, 7) is 7.81. The van der Waals surface area contributed by atoms with Crippen molar-refractivity contribution in [1.29, 1.82) is 0 Å². The van der Waals surface area contributed by atoms with E-state index in [-0.39, 0.29) is 11.8 Å². The first-order valence-electron chi connectivity index (χ1n) is 9.84. The van der Waals surface area contributed by atoms with E-state index in [1.165, 1.54) is 0 Å². The molecule has 2 aliphatic rings. The molecule has 0 saturated carbocycles. The molecule has 4 heterocycles. The highest BCUT2D eigenvalue weighted by Gasteiger charge is 2.27. The van der Waals surface area contributed by atoms with Crippen LogP contribution in [0.1, 0.15) is 12.8 Å². The number of carbonyl (C=O) groups is 1. The van der Waals surface area contributed by atoms with Crippen molar-refractivity contribution < 1.29 is 4.79 Å². The lowest BCUT2D eigenvalue weighted by atomic mass is 9.97. The molecule has 1 amide bonds. The van der Waals surface area contributed by atoms with Crippen LogP contribution in [0.3, 0.4) is 0 Å². The molecular weight excluding hydrogens is 360 g/mol. The Morgan fingerprint density at radius 3 is 2.96 bits per heavy atom. The topological polar surface area (TPSA) is 64.6 Å². The lowest BCUT2D eigenvalue weighted by Gasteiger charge is -2.33. The van der Waals surface area contributed by atoms with Gasteiger partial charge in [0.25, 0.3) is 0 Å². The van der Waals surface area contributed by atoms with Crippen molar-refractivity contribution in [3.63, 3.8) is 0 Å². The summed E-state index contributed by atoms with van der Waals surface area (Å²) in [7, 11) is 2.16. The van der Waals surface area contributed by atoms with E-state index in [1.807, 2.05) is 12.1 Å². The summed E-state index contributed by atoms with van der Waals surface area (Å²) in [4.78, 5) is 29.7. The number of anilines is 1. The number of thiazole rings is 1. The van der Waals surface area contributed by atoms with Crippen LogP contribution < -0.4 is 10.2 Å². The van der Waals surface area contributed by atoms with Crippen LogP contribution in [0.2, 0.25) is 0 Å². The van der Waals surface area contributed by atoms with Gasteiger partial charge in [-0.15, -0.1) is 0 Å². The smallest absolute Gasteiger partial charge is 0.224 e. The Morgan fingerprint density at radius 2 is 2.15 bits per heavy atom. The van der Waals surface area contributed by atoms with E-state index in [9.17, 15) is 4.79 Å². The van der Waals surface area contributed by atoms with E-state index >= 15 is 0 Å². The number of hydrogen-bond donors (Lipinski definition) is 1. The standard InChI is InChI=1S/C19H28N6OS/c1-23-10-12-24(13-11-23)9-7-20-17(26)15-4-3-8-25(14-15)19-22-16-5-2-6-21-18(16)27-19/h2,5-6,15H,3-4,7-14H2,1H3,(H,20,26). The number of nitrogens with zero attached hydrogens (tertiary/aromatic N) is 5. The molecule has 1 atom stereocenters. The van der Waals surface area contributed by atoms with Gasteiger partial charge in [0.1, 0.15) is 10.3 Å². The molecule has 1 unspecified atom stereocenters. The number of rotatable bonds is 5. The molecule has 0 bridgehead atoms. The van der Waals surface area contributed by atoms with Crippen LogP contribution in [0.15, 0.2) is 18.3 Å². The Bertz CT molecular complexity index is 739. The monoisotopic (exact) mass is 388 g/mol. The molecule has 146 valence electrons. The number of likely N-dealkylation sites (N-methyl/N-ethyl adjacent to an activating group) is 1. The first-order chi connectivity index (χ1) is 13.2. The van der Waals surface area contributed by atoms with E-state index in [2.05, 4.69) is 32.0 Å². The molecule has 2 saturated heterocycles. The Balaban J connectivity index is 1.28. The third-order valence-corrected chi connectivity index (χ3v) is 6.58. The van der Waals surface area contributed by atoms with Crippen molar-refractivity contribution in [1.82, 2.24) is 25.1 Å². The van der Waals surface area contributed by atoms with Crippen molar-refractivity contribution in [3.8, 4) is 0 Å². The van der Waals surface area contributed by atoms with Gasteiger partial charge < -0.3 is 15.1 Å². The van der Waals surface area contributed by atoms with Gasteiger partial charge in [0.15, 0.2) is 5.13 Å². The Morgan fingerprint density at radius 1 is 1.30 bits per heavy atom. The van der Waals surface area contributed by atoms with Gasteiger partial charge in [-0.05, 0) is 32.0 Å². The minimum Gasteiger partial charge on any atom is -0.355 e. The zero-order valence-corrected chi connectivity index (χ0v) is 16.7. The average molecular weight is 389 g/mol. The van der Waals surface area contributed by atoms with Gasteiger partial charge >= 0.3 is 0 Å². The maximum atomic E-state index is 12.6. The molecule has 0 aliphatic carbocycles. The molecule has 7 nitrogen and oxygen atoms in total. The molecule has 0 spiro atoms. The first-order valence-corrected chi connectivity index (χ1v) is 10.7. The summed E-state index contributed by atoms with van der Waals surface area (Å²) < 4.78 is 0. The second-order valence-corrected chi connectivity index (χ2v) is 8.50. The van der Waals surface area contributed by atoms with Gasteiger partial charge in [-0.1, -0.05) is 11.3 Å². The Kier molecular flexibility index (Phi) is 5.85. The number of piperazine rings is 1. The Labute approximate surface area is 164 Å². The van der Waals surface area contributed by atoms with Gasteiger partial charge in [-0.2, -0.15) is 0 Å². The van der Waals surface area contributed by atoms with E-state index < -0.39 is 0 Å². The summed E-state index contributed by atoms with van der Waals surface area (Å²) in [5.41, 5.74) is 0.941. The van der Waals surface area contributed by atoms with E-state index in [4.69, 9.17) is 4.98 Å². The van der Waals surface area contributed by atoms with Crippen LogP contribution in [0.25, 0.3) is 10.3 Å². The van der Waals surface area contributed by atoms with E-state index in [0.29, 0.717) is 0 Å². The maximum absolute atomic E-state index is 12.6. The predicted octanol–water partition coefficient (Wildman–Crippen LogP) is 1.27. The van der Waals surface area contributed by atoms with E-state index in [1.54, 1.807) is 17.5 Å². The normalized spacial score (nSPS) is 22.3. The molecule has 0 radical (unpaired) electrons. The molecule has 2 aliphatic heterocycles. The third kappa shape index (κ3) is 4.56. The highest BCUT2D eigenvalue weighted by molar-refractivity contribution is 7.21. The first kappa shape index (κ1) is 18.6. The predicted molar refractivity (Wildman–Crippen MR) is 109 cm³/mol. The van der Waals surface area contributed by atoms with Crippen LogP contribution in [0.4, 0.5) is 5.13 Å². The number of aromatic nitrogens is 2. The summed E-state index contributed by atoms with van der Waals surface area (Å²) in [6, 6.07) is 3.91. The minimum absolute atomic E-state index is 0.0474. The van der Waals surface area contributed by atoms with E-state index in [0.717, 1.165) is 80.7 Å². The number of nitrogens with one attached hydrogen (secondary N) is 1. The second kappa shape index (κ2) is 8.50. The van der Waals surface area contributed by atoms with Crippen LogP contribution in [-0.4, -0.2) is 85.1 Å². The molecular formula is C19H28N6OS. The highest BCUT2D eigenvalue weighted by Crippen LogP contribution is 2.30. The van der Waals surface area contributed by atoms with Gasteiger partial charge in [0, 0.05) is 58.6 Å². The van der Waals surface area contributed by atoms with Crippen molar-refractivity contribution >= 4 is 32.7 Å². The lowest BCUT2D eigenvalue weighted by molar-refractivity contribution is -0.125. The zero-order valence-electron chi connectivity index (χ0n) is 15.9. The highest BCUT2D eigenvalue weighted by atomic mass is 32.1. The quantitative estimate of drug-likeness (QED) is 0.832. The summed E-state index contributed by atoms with van der Waals surface area (Å²) in [6.07, 6.45) is 3.79. The van der Waals surface area contributed by atoms with Crippen LogP contribution in [-0.2, 0) is 4.79 Å². The fourth-order valence-electron chi connectivity index (χ4n) is 3.81. The zero-order chi connectivity index (χ0) is 18.6. The number of amides is 1. The molecule has 1 N–H and O–H groups in total. The molecule has 27 heavy (non-hydrogen) atoms. The van der Waals surface area contributed by atoms with Crippen molar-refractivity contribution in [2.24, 2.45) is 5.92 Å².